The van der Waals surface area contributed by atoms with Crippen LogP contribution in [0.3, 0.4) is 0 Å². The molecule has 1 aliphatic heterocycles. The first kappa shape index (κ1) is 19.9. The minimum Gasteiger partial charge on any atom is -0.493 e. The summed E-state index contributed by atoms with van der Waals surface area (Å²) in [7, 11) is 0. The maximum Gasteiger partial charge on any atom is 0.189 e. The van der Waals surface area contributed by atoms with Crippen molar-refractivity contribution in [3.8, 4) is 11.5 Å². The molecule has 1 heterocycles. The standard InChI is InChI=1S/C26H24O4/c27-25(24-8-4-5-9-26(24)30-19-23-18-29-23)15-12-21-10-13-22(14-11-21)28-17-16-20-6-2-1-3-7-20/h1-15,23H,16-19H2/b15-12+. The Balaban J connectivity index is 1.31. The van der Waals surface area contributed by atoms with Gasteiger partial charge in [0, 0.05) is 6.42 Å². The van der Waals surface area contributed by atoms with Crippen LogP contribution in [0.1, 0.15) is 21.5 Å². The van der Waals surface area contributed by atoms with E-state index in [1.807, 2.05) is 60.7 Å². The third-order valence-corrected chi connectivity index (χ3v) is 4.79. The van der Waals surface area contributed by atoms with Crippen molar-refractivity contribution in [2.75, 3.05) is 19.8 Å². The van der Waals surface area contributed by atoms with Crippen molar-refractivity contribution >= 4 is 11.9 Å². The zero-order chi connectivity index (χ0) is 20.6. The zero-order valence-electron chi connectivity index (χ0n) is 16.7. The Kier molecular flexibility index (Phi) is 6.58. The van der Waals surface area contributed by atoms with E-state index in [0.29, 0.717) is 24.5 Å². The summed E-state index contributed by atoms with van der Waals surface area (Å²) in [6.07, 6.45) is 4.39. The Morgan fingerprint density at radius 2 is 1.67 bits per heavy atom. The van der Waals surface area contributed by atoms with Gasteiger partial charge in [0.05, 0.1) is 18.8 Å². The Morgan fingerprint density at radius 1 is 0.933 bits per heavy atom. The van der Waals surface area contributed by atoms with Crippen LogP contribution in [-0.4, -0.2) is 31.7 Å². The van der Waals surface area contributed by atoms with Crippen LogP contribution in [0.4, 0.5) is 0 Å². The Morgan fingerprint density at radius 3 is 2.43 bits per heavy atom. The van der Waals surface area contributed by atoms with Crippen LogP contribution >= 0.6 is 0 Å². The van der Waals surface area contributed by atoms with E-state index in [1.54, 1.807) is 18.2 Å². The molecule has 30 heavy (non-hydrogen) atoms. The molecule has 4 nitrogen and oxygen atoms in total. The molecule has 0 aromatic heterocycles. The monoisotopic (exact) mass is 400 g/mol. The average Bonchev–Trinajstić information content (AvgIpc) is 3.62. The normalized spacial score (nSPS) is 15.1. The summed E-state index contributed by atoms with van der Waals surface area (Å²) in [5.41, 5.74) is 2.74. The smallest absolute Gasteiger partial charge is 0.189 e. The lowest BCUT2D eigenvalue weighted by molar-refractivity contribution is 0.104. The van der Waals surface area contributed by atoms with E-state index in [0.717, 1.165) is 24.3 Å². The molecule has 4 rings (SSSR count). The van der Waals surface area contributed by atoms with Crippen molar-refractivity contribution in [2.24, 2.45) is 0 Å². The van der Waals surface area contributed by atoms with Crippen LogP contribution in [0, 0.1) is 0 Å². The van der Waals surface area contributed by atoms with Gasteiger partial charge in [-0.1, -0.05) is 60.7 Å². The van der Waals surface area contributed by atoms with Crippen LogP contribution in [-0.2, 0) is 11.2 Å². The maximum absolute atomic E-state index is 12.6. The van der Waals surface area contributed by atoms with Crippen molar-refractivity contribution in [3.05, 3.63) is 102 Å². The molecule has 3 aromatic carbocycles. The quantitative estimate of drug-likeness (QED) is 0.274. The van der Waals surface area contributed by atoms with Gasteiger partial charge in [-0.15, -0.1) is 0 Å². The molecule has 3 aromatic rings. The molecule has 0 aliphatic carbocycles. The molecule has 0 spiro atoms. The van der Waals surface area contributed by atoms with Gasteiger partial charge in [-0.25, -0.2) is 0 Å². The molecule has 1 unspecified atom stereocenters. The fourth-order valence-electron chi connectivity index (χ4n) is 3.01. The number of rotatable bonds is 10. The highest BCUT2D eigenvalue weighted by Gasteiger charge is 2.23. The minimum absolute atomic E-state index is 0.0921. The van der Waals surface area contributed by atoms with Gasteiger partial charge in [0.2, 0.25) is 0 Å². The number of epoxide rings is 1. The van der Waals surface area contributed by atoms with Crippen LogP contribution in [0.25, 0.3) is 6.08 Å². The summed E-state index contributed by atoms with van der Waals surface area (Å²) >= 11 is 0. The van der Waals surface area contributed by atoms with Gasteiger partial charge in [0.1, 0.15) is 24.2 Å². The number of ether oxygens (including phenoxy) is 3. The van der Waals surface area contributed by atoms with Crippen molar-refractivity contribution in [1.29, 1.82) is 0 Å². The molecule has 0 amide bonds. The summed E-state index contributed by atoms with van der Waals surface area (Å²) in [6, 6.07) is 25.3. The first-order valence-corrected chi connectivity index (χ1v) is 10.1. The lowest BCUT2D eigenvalue weighted by Gasteiger charge is -2.08. The average molecular weight is 400 g/mol. The number of hydrogen-bond acceptors (Lipinski definition) is 4. The summed E-state index contributed by atoms with van der Waals surface area (Å²) < 4.78 is 16.7. The summed E-state index contributed by atoms with van der Waals surface area (Å²) in [5.74, 6) is 1.31. The minimum atomic E-state index is -0.0921. The molecule has 0 N–H and O–H groups in total. The topological polar surface area (TPSA) is 48.1 Å². The Bertz CT molecular complexity index is 989. The van der Waals surface area contributed by atoms with Crippen LogP contribution in [0.5, 0.6) is 11.5 Å². The van der Waals surface area contributed by atoms with E-state index in [-0.39, 0.29) is 11.9 Å². The van der Waals surface area contributed by atoms with Gasteiger partial charge in [-0.05, 0) is 41.5 Å². The summed E-state index contributed by atoms with van der Waals surface area (Å²) in [6.45, 7) is 1.82. The molecule has 1 saturated heterocycles. The third-order valence-electron chi connectivity index (χ3n) is 4.79. The number of para-hydroxylation sites is 1. The molecule has 152 valence electrons. The van der Waals surface area contributed by atoms with Crippen molar-refractivity contribution < 1.29 is 19.0 Å². The summed E-state index contributed by atoms with van der Waals surface area (Å²) in [5, 5.41) is 0. The van der Waals surface area contributed by atoms with E-state index in [1.165, 1.54) is 5.56 Å². The predicted octanol–water partition coefficient (Wildman–Crippen LogP) is 4.98. The van der Waals surface area contributed by atoms with Crippen LogP contribution in [0.15, 0.2) is 84.9 Å². The second-order valence-corrected chi connectivity index (χ2v) is 7.11. The molecule has 0 radical (unpaired) electrons. The highest BCUT2D eigenvalue weighted by molar-refractivity contribution is 6.08. The van der Waals surface area contributed by atoms with Crippen LogP contribution in [0.2, 0.25) is 0 Å². The van der Waals surface area contributed by atoms with E-state index in [9.17, 15) is 4.79 Å². The number of carbonyl (C=O) groups is 1. The van der Waals surface area contributed by atoms with Gasteiger partial charge in [-0.3, -0.25) is 4.79 Å². The van der Waals surface area contributed by atoms with Gasteiger partial charge in [-0.2, -0.15) is 0 Å². The van der Waals surface area contributed by atoms with E-state index in [4.69, 9.17) is 14.2 Å². The summed E-state index contributed by atoms with van der Waals surface area (Å²) in [4.78, 5) is 12.6. The lowest BCUT2D eigenvalue weighted by Crippen LogP contribution is -2.07. The van der Waals surface area contributed by atoms with Gasteiger partial charge < -0.3 is 14.2 Å². The van der Waals surface area contributed by atoms with E-state index < -0.39 is 0 Å². The first-order valence-electron chi connectivity index (χ1n) is 10.1. The number of ketones is 1. The van der Waals surface area contributed by atoms with Crippen molar-refractivity contribution in [3.63, 3.8) is 0 Å². The second-order valence-electron chi connectivity index (χ2n) is 7.11. The van der Waals surface area contributed by atoms with E-state index >= 15 is 0 Å². The van der Waals surface area contributed by atoms with Gasteiger partial charge in [0.15, 0.2) is 5.78 Å². The molecule has 1 aliphatic rings. The Hall–Kier alpha value is -3.37. The predicted molar refractivity (Wildman–Crippen MR) is 117 cm³/mol. The number of carbonyl (C=O) groups excluding carboxylic acids is 1. The third kappa shape index (κ3) is 5.82. The molecule has 4 heteroatoms. The maximum atomic E-state index is 12.6. The number of hydrogen-bond donors (Lipinski definition) is 0. The van der Waals surface area contributed by atoms with Crippen molar-refractivity contribution in [2.45, 2.75) is 12.5 Å². The largest absolute Gasteiger partial charge is 0.493 e. The van der Waals surface area contributed by atoms with Gasteiger partial charge >= 0.3 is 0 Å². The first-order chi connectivity index (χ1) is 14.8. The molecule has 1 fully saturated rings. The molecule has 0 bridgehead atoms. The number of allylic oxidation sites excluding steroid dienone is 1. The van der Waals surface area contributed by atoms with Crippen molar-refractivity contribution in [1.82, 2.24) is 0 Å². The molecular formula is C26H24O4. The SMILES string of the molecule is O=C(/C=C/c1ccc(OCCc2ccccc2)cc1)c1ccccc1OCC1CO1. The highest BCUT2D eigenvalue weighted by atomic mass is 16.6. The fraction of sp³-hybridized carbons (Fsp3) is 0.192. The van der Waals surface area contributed by atoms with Crippen LogP contribution < -0.4 is 9.47 Å². The lowest BCUT2D eigenvalue weighted by atomic mass is 10.1. The van der Waals surface area contributed by atoms with Gasteiger partial charge in [0.25, 0.3) is 0 Å². The zero-order valence-corrected chi connectivity index (χ0v) is 16.7. The number of benzene rings is 3. The molecule has 1 atom stereocenters. The highest BCUT2D eigenvalue weighted by Crippen LogP contribution is 2.22. The Labute approximate surface area is 176 Å². The molecular weight excluding hydrogens is 376 g/mol. The second kappa shape index (κ2) is 9.90. The fourth-order valence-corrected chi connectivity index (χ4v) is 3.01. The van der Waals surface area contributed by atoms with E-state index in [2.05, 4.69) is 12.1 Å². The molecule has 0 saturated carbocycles.